The second-order valence-corrected chi connectivity index (χ2v) is 4.27. The van der Waals surface area contributed by atoms with Crippen molar-refractivity contribution in [2.75, 3.05) is 0 Å². The number of nitriles is 1. The van der Waals surface area contributed by atoms with Gasteiger partial charge < -0.3 is 0 Å². The number of fused-ring (bicyclic) bond motifs is 1. The SMILES string of the molecule is CC.CCc1cc(C)nc2c1CC(C#N)CC2. The quantitative estimate of drug-likeness (QED) is 0.739. The first-order valence-corrected chi connectivity index (χ1v) is 6.62. The van der Waals surface area contributed by atoms with Crippen molar-refractivity contribution in [2.24, 2.45) is 5.92 Å². The Hall–Kier alpha value is -1.36. The molecular formula is C15H22N2. The van der Waals surface area contributed by atoms with Gasteiger partial charge in [-0.25, -0.2) is 0 Å². The molecule has 0 saturated heterocycles. The van der Waals surface area contributed by atoms with Gasteiger partial charge in [0.1, 0.15) is 0 Å². The van der Waals surface area contributed by atoms with Crippen LogP contribution in [0.25, 0.3) is 0 Å². The second kappa shape index (κ2) is 6.39. The van der Waals surface area contributed by atoms with Crippen LogP contribution >= 0.6 is 0 Å². The van der Waals surface area contributed by atoms with Crippen molar-refractivity contribution in [1.29, 1.82) is 5.26 Å². The van der Waals surface area contributed by atoms with Crippen molar-refractivity contribution >= 4 is 0 Å². The Morgan fingerprint density at radius 2 is 2.18 bits per heavy atom. The molecule has 0 aliphatic heterocycles. The molecule has 1 heterocycles. The minimum absolute atomic E-state index is 0.201. The highest BCUT2D eigenvalue weighted by atomic mass is 14.7. The van der Waals surface area contributed by atoms with Crippen molar-refractivity contribution in [3.63, 3.8) is 0 Å². The van der Waals surface area contributed by atoms with Crippen molar-refractivity contribution < 1.29 is 0 Å². The van der Waals surface area contributed by atoms with E-state index in [0.717, 1.165) is 31.4 Å². The molecule has 0 aromatic carbocycles. The van der Waals surface area contributed by atoms with Crippen LogP contribution in [-0.4, -0.2) is 4.98 Å². The van der Waals surface area contributed by atoms with Gasteiger partial charge in [-0.3, -0.25) is 4.98 Å². The van der Waals surface area contributed by atoms with E-state index in [9.17, 15) is 0 Å². The van der Waals surface area contributed by atoms with Crippen LogP contribution in [0.4, 0.5) is 0 Å². The number of pyridine rings is 1. The van der Waals surface area contributed by atoms with Crippen molar-refractivity contribution in [1.82, 2.24) is 4.98 Å². The minimum Gasteiger partial charge on any atom is -0.258 e. The maximum Gasteiger partial charge on any atom is 0.0659 e. The number of rotatable bonds is 1. The van der Waals surface area contributed by atoms with E-state index in [1.54, 1.807) is 0 Å². The molecule has 0 fully saturated rings. The highest BCUT2D eigenvalue weighted by molar-refractivity contribution is 5.35. The maximum atomic E-state index is 8.96. The second-order valence-electron chi connectivity index (χ2n) is 4.27. The van der Waals surface area contributed by atoms with Gasteiger partial charge in [0, 0.05) is 11.4 Å². The molecule has 1 aliphatic carbocycles. The van der Waals surface area contributed by atoms with Crippen LogP contribution in [0.3, 0.4) is 0 Å². The third kappa shape index (κ3) is 3.06. The van der Waals surface area contributed by atoms with Crippen molar-refractivity contribution in [3.8, 4) is 6.07 Å². The predicted molar refractivity (Wildman–Crippen MR) is 70.8 cm³/mol. The summed E-state index contributed by atoms with van der Waals surface area (Å²) < 4.78 is 0. The molecule has 0 saturated carbocycles. The van der Waals surface area contributed by atoms with Crippen LogP contribution in [0.1, 0.15) is 49.7 Å². The topological polar surface area (TPSA) is 36.7 Å². The van der Waals surface area contributed by atoms with E-state index in [2.05, 4.69) is 31.0 Å². The van der Waals surface area contributed by atoms with E-state index in [0.29, 0.717) is 0 Å². The first kappa shape index (κ1) is 13.7. The van der Waals surface area contributed by atoms with Gasteiger partial charge >= 0.3 is 0 Å². The van der Waals surface area contributed by atoms with Crippen molar-refractivity contribution in [2.45, 2.75) is 53.4 Å². The average molecular weight is 230 g/mol. The summed E-state index contributed by atoms with van der Waals surface area (Å²) in [5.41, 5.74) is 5.08. The number of hydrogen-bond donors (Lipinski definition) is 0. The summed E-state index contributed by atoms with van der Waals surface area (Å²) in [6.45, 7) is 8.22. The molecule has 2 heteroatoms. The lowest BCUT2D eigenvalue weighted by atomic mass is 9.84. The molecular weight excluding hydrogens is 208 g/mol. The summed E-state index contributed by atoms with van der Waals surface area (Å²) in [7, 11) is 0. The Morgan fingerprint density at radius 1 is 1.47 bits per heavy atom. The van der Waals surface area contributed by atoms with Gasteiger partial charge in [0.2, 0.25) is 0 Å². The molecule has 0 bridgehead atoms. The normalized spacial score (nSPS) is 17.5. The van der Waals surface area contributed by atoms with E-state index in [1.807, 2.05) is 13.8 Å². The van der Waals surface area contributed by atoms with E-state index < -0.39 is 0 Å². The Balaban J connectivity index is 0.000000686. The Morgan fingerprint density at radius 3 is 2.76 bits per heavy atom. The third-order valence-corrected chi connectivity index (χ3v) is 3.17. The summed E-state index contributed by atoms with van der Waals surface area (Å²) in [4.78, 5) is 4.58. The molecule has 0 N–H and O–H groups in total. The molecule has 2 rings (SSSR count). The molecule has 1 aromatic heterocycles. The van der Waals surface area contributed by atoms with Crippen LogP contribution < -0.4 is 0 Å². The number of nitrogens with zero attached hydrogens (tertiary/aromatic N) is 2. The molecule has 17 heavy (non-hydrogen) atoms. The van der Waals surface area contributed by atoms with Crippen LogP contribution in [0.5, 0.6) is 0 Å². The Bertz CT molecular complexity index is 398. The zero-order chi connectivity index (χ0) is 12.8. The Labute approximate surface area is 105 Å². The molecule has 1 aromatic rings. The lowest BCUT2D eigenvalue weighted by Gasteiger charge is -2.22. The van der Waals surface area contributed by atoms with Gasteiger partial charge in [-0.2, -0.15) is 5.26 Å². The average Bonchev–Trinajstić information content (AvgIpc) is 2.39. The van der Waals surface area contributed by atoms with E-state index in [4.69, 9.17) is 5.26 Å². The van der Waals surface area contributed by atoms with Crippen LogP contribution in [-0.2, 0) is 19.3 Å². The molecule has 1 aliphatic rings. The fraction of sp³-hybridized carbons (Fsp3) is 0.600. The summed E-state index contributed by atoms with van der Waals surface area (Å²) in [5, 5.41) is 8.96. The molecule has 92 valence electrons. The van der Waals surface area contributed by atoms with Gasteiger partial charge in [0.15, 0.2) is 0 Å². The zero-order valence-corrected chi connectivity index (χ0v) is 11.4. The maximum absolute atomic E-state index is 8.96. The molecule has 0 spiro atoms. The molecule has 0 amide bonds. The summed E-state index contributed by atoms with van der Waals surface area (Å²) in [6.07, 6.45) is 3.90. The summed E-state index contributed by atoms with van der Waals surface area (Å²) in [6, 6.07) is 4.55. The number of aromatic nitrogens is 1. The largest absolute Gasteiger partial charge is 0.258 e. The minimum atomic E-state index is 0.201. The Kier molecular flexibility index (Phi) is 5.15. The standard InChI is InChI=1S/C13H16N2.C2H6/c1-3-11-6-9(2)15-13-5-4-10(8-14)7-12(11)13;1-2/h6,10H,3-5,7H2,1-2H3;1-2H3. The van der Waals surface area contributed by atoms with Gasteiger partial charge in [-0.15, -0.1) is 0 Å². The van der Waals surface area contributed by atoms with Crippen LogP contribution in [0.15, 0.2) is 6.07 Å². The smallest absolute Gasteiger partial charge is 0.0659 e. The summed E-state index contributed by atoms with van der Waals surface area (Å²) in [5.74, 6) is 0.201. The predicted octanol–water partition coefficient (Wildman–Crippen LogP) is 3.61. The van der Waals surface area contributed by atoms with E-state index in [1.165, 1.54) is 16.8 Å². The summed E-state index contributed by atoms with van der Waals surface area (Å²) >= 11 is 0. The van der Waals surface area contributed by atoms with Gasteiger partial charge in [0.05, 0.1) is 12.0 Å². The third-order valence-electron chi connectivity index (χ3n) is 3.17. The first-order valence-electron chi connectivity index (χ1n) is 6.62. The van der Waals surface area contributed by atoms with Gasteiger partial charge in [0.25, 0.3) is 0 Å². The fourth-order valence-corrected chi connectivity index (χ4v) is 2.38. The number of hydrogen-bond acceptors (Lipinski definition) is 2. The van der Waals surface area contributed by atoms with Gasteiger partial charge in [-0.05, 0) is 49.8 Å². The van der Waals surface area contributed by atoms with E-state index in [-0.39, 0.29) is 5.92 Å². The van der Waals surface area contributed by atoms with Crippen molar-refractivity contribution in [3.05, 3.63) is 28.6 Å². The first-order chi connectivity index (χ1) is 8.24. The molecule has 0 radical (unpaired) electrons. The highest BCUT2D eigenvalue weighted by Gasteiger charge is 2.21. The number of aryl methyl sites for hydroxylation is 3. The fourth-order valence-electron chi connectivity index (χ4n) is 2.38. The molecule has 2 nitrogen and oxygen atoms in total. The molecule has 1 atom stereocenters. The zero-order valence-electron chi connectivity index (χ0n) is 11.4. The monoisotopic (exact) mass is 230 g/mol. The lowest BCUT2D eigenvalue weighted by Crippen LogP contribution is -2.16. The van der Waals surface area contributed by atoms with Crippen LogP contribution in [0.2, 0.25) is 0 Å². The molecule has 1 unspecified atom stereocenters. The van der Waals surface area contributed by atoms with E-state index >= 15 is 0 Å². The lowest BCUT2D eigenvalue weighted by molar-refractivity contribution is 0.549. The highest BCUT2D eigenvalue weighted by Crippen LogP contribution is 2.27. The van der Waals surface area contributed by atoms with Crippen LogP contribution in [0, 0.1) is 24.2 Å². The van der Waals surface area contributed by atoms with Gasteiger partial charge in [-0.1, -0.05) is 20.8 Å².